The summed E-state index contributed by atoms with van der Waals surface area (Å²) in [5.41, 5.74) is 1.15. The number of hydrogen-bond acceptors (Lipinski definition) is 5. The van der Waals surface area contributed by atoms with Gasteiger partial charge in [0.25, 0.3) is 0 Å². The van der Waals surface area contributed by atoms with Gasteiger partial charge in [-0.15, -0.1) is 0 Å². The summed E-state index contributed by atoms with van der Waals surface area (Å²) in [6.45, 7) is 2.14. The van der Waals surface area contributed by atoms with E-state index >= 15 is 0 Å². The number of anilines is 1. The van der Waals surface area contributed by atoms with Crippen LogP contribution in [0.4, 0.5) is 14.5 Å². The van der Waals surface area contributed by atoms with Crippen LogP contribution in [0.25, 0.3) is 0 Å². The number of nitrogens with one attached hydrogen (secondary N) is 2. The largest absolute Gasteiger partial charge is 0.433 e. The molecule has 1 aliphatic rings. The van der Waals surface area contributed by atoms with Crippen LogP contribution in [-0.2, 0) is 14.8 Å². The van der Waals surface area contributed by atoms with Crippen molar-refractivity contribution < 1.29 is 26.7 Å². The lowest BCUT2D eigenvalue weighted by Crippen LogP contribution is -2.49. The Kier molecular flexibility index (Phi) is 8.39. The van der Waals surface area contributed by atoms with E-state index < -0.39 is 22.7 Å². The highest BCUT2D eigenvalue weighted by Crippen LogP contribution is 2.26. The Morgan fingerprint density at radius 1 is 1.18 bits per heavy atom. The van der Waals surface area contributed by atoms with Crippen LogP contribution >= 0.6 is 0 Å². The summed E-state index contributed by atoms with van der Waals surface area (Å²) in [5, 5.41) is 2.66. The Balaban J connectivity index is 1.57. The summed E-state index contributed by atoms with van der Waals surface area (Å²) in [6, 6.07) is 12.2. The molecule has 1 fully saturated rings. The standard InChI is InChI=1S/C23H29F2N3O4S/c1-16-9-11-19(12-10-16)33(30,31)26-14-18-6-5-13-28(15-18)17(2)22(29)27-20-7-3-4-8-21(20)32-23(24)25/h3-4,7-12,17-18,23,26H,5-6,13-15H2,1-2H3,(H,27,29). The molecule has 1 aliphatic heterocycles. The number of rotatable bonds is 9. The predicted octanol–water partition coefficient (Wildman–Crippen LogP) is 3.61. The van der Waals surface area contributed by atoms with E-state index in [4.69, 9.17) is 0 Å². The fraction of sp³-hybridized carbons (Fsp3) is 0.435. The van der Waals surface area contributed by atoms with Crippen molar-refractivity contribution in [2.45, 2.75) is 44.2 Å². The number of benzene rings is 2. The highest BCUT2D eigenvalue weighted by molar-refractivity contribution is 7.89. The molecule has 0 aromatic heterocycles. The second kappa shape index (κ2) is 11.0. The highest BCUT2D eigenvalue weighted by Gasteiger charge is 2.29. The number of hydrogen-bond donors (Lipinski definition) is 2. The lowest BCUT2D eigenvalue weighted by atomic mass is 9.97. The van der Waals surface area contributed by atoms with Crippen molar-refractivity contribution in [2.75, 3.05) is 25.0 Å². The molecule has 0 bridgehead atoms. The third-order valence-electron chi connectivity index (χ3n) is 5.73. The number of carbonyl (C=O) groups excluding carboxylic acids is 1. The zero-order valence-corrected chi connectivity index (χ0v) is 19.4. The van der Waals surface area contributed by atoms with Gasteiger partial charge in [0.15, 0.2) is 0 Å². The van der Waals surface area contributed by atoms with Crippen molar-refractivity contribution in [1.29, 1.82) is 0 Å². The monoisotopic (exact) mass is 481 g/mol. The summed E-state index contributed by atoms with van der Waals surface area (Å²) in [4.78, 5) is 15.0. The molecule has 2 unspecified atom stereocenters. The Morgan fingerprint density at radius 3 is 2.58 bits per heavy atom. The fourth-order valence-electron chi connectivity index (χ4n) is 3.82. The molecule has 0 spiro atoms. The Labute approximate surface area is 193 Å². The Morgan fingerprint density at radius 2 is 1.88 bits per heavy atom. The van der Waals surface area contributed by atoms with Crippen molar-refractivity contribution >= 4 is 21.6 Å². The van der Waals surface area contributed by atoms with Crippen LogP contribution in [0.2, 0.25) is 0 Å². The quantitative estimate of drug-likeness (QED) is 0.571. The Hall–Kier alpha value is -2.56. The molecule has 10 heteroatoms. The molecule has 7 nitrogen and oxygen atoms in total. The van der Waals surface area contributed by atoms with Crippen molar-refractivity contribution in [3.63, 3.8) is 0 Å². The second-order valence-corrected chi connectivity index (χ2v) is 9.97. The average molecular weight is 482 g/mol. The number of halogens is 2. The van der Waals surface area contributed by atoms with Gasteiger partial charge in [-0.2, -0.15) is 8.78 Å². The number of carbonyl (C=O) groups is 1. The minimum Gasteiger partial charge on any atom is -0.433 e. The average Bonchev–Trinajstić information content (AvgIpc) is 2.78. The summed E-state index contributed by atoms with van der Waals surface area (Å²) in [6.07, 6.45) is 1.66. The zero-order valence-electron chi connectivity index (χ0n) is 18.6. The predicted molar refractivity (Wildman–Crippen MR) is 122 cm³/mol. The second-order valence-electron chi connectivity index (χ2n) is 8.21. The van der Waals surface area contributed by atoms with Gasteiger partial charge in [0.2, 0.25) is 15.9 Å². The smallest absolute Gasteiger partial charge is 0.387 e. The van der Waals surface area contributed by atoms with E-state index in [1.165, 1.54) is 12.1 Å². The lowest BCUT2D eigenvalue weighted by Gasteiger charge is -2.36. The van der Waals surface area contributed by atoms with Gasteiger partial charge in [-0.1, -0.05) is 29.8 Å². The van der Waals surface area contributed by atoms with Crippen LogP contribution < -0.4 is 14.8 Å². The first kappa shape index (κ1) is 25.1. The topological polar surface area (TPSA) is 87.7 Å². The fourth-order valence-corrected chi connectivity index (χ4v) is 4.93. The first-order valence-electron chi connectivity index (χ1n) is 10.8. The van der Waals surface area contributed by atoms with Crippen LogP contribution in [0, 0.1) is 12.8 Å². The number of aryl methyl sites for hydroxylation is 1. The molecule has 180 valence electrons. The van der Waals surface area contributed by atoms with E-state index in [9.17, 15) is 22.0 Å². The molecule has 33 heavy (non-hydrogen) atoms. The minimum absolute atomic E-state index is 0.0451. The van der Waals surface area contributed by atoms with Gasteiger partial charge in [-0.3, -0.25) is 9.69 Å². The van der Waals surface area contributed by atoms with Gasteiger partial charge in [-0.05, 0) is 63.4 Å². The number of para-hydroxylation sites is 2. The molecule has 3 rings (SSSR count). The maximum Gasteiger partial charge on any atom is 0.387 e. The van der Waals surface area contributed by atoms with E-state index in [-0.39, 0.29) is 34.7 Å². The van der Waals surface area contributed by atoms with Gasteiger partial charge in [0.05, 0.1) is 16.6 Å². The number of sulfonamides is 1. The van der Waals surface area contributed by atoms with Crippen molar-refractivity contribution in [1.82, 2.24) is 9.62 Å². The third-order valence-corrected chi connectivity index (χ3v) is 7.17. The summed E-state index contributed by atoms with van der Waals surface area (Å²) in [5.74, 6) is -0.403. The van der Waals surface area contributed by atoms with Crippen molar-refractivity contribution in [3.8, 4) is 5.75 Å². The number of amides is 1. The molecular weight excluding hydrogens is 452 g/mol. The molecular formula is C23H29F2N3O4S. The number of nitrogens with zero attached hydrogens (tertiary/aromatic N) is 1. The van der Waals surface area contributed by atoms with Crippen LogP contribution in [0.5, 0.6) is 5.75 Å². The van der Waals surface area contributed by atoms with Gasteiger partial charge in [0, 0.05) is 13.1 Å². The third kappa shape index (κ3) is 6.96. The molecule has 0 saturated carbocycles. The van der Waals surface area contributed by atoms with Gasteiger partial charge in [0.1, 0.15) is 5.75 Å². The molecule has 1 heterocycles. The first-order chi connectivity index (χ1) is 15.7. The molecule has 0 radical (unpaired) electrons. The normalized spacial score (nSPS) is 18.2. The SMILES string of the molecule is Cc1ccc(S(=O)(=O)NCC2CCCN(C(C)C(=O)Nc3ccccc3OC(F)F)C2)cc1. The van der Waals surface area contributed by atoms with E-state index in [2.05, 4.69) is 14.8 Å². The van der Waals surface area contributed by atoms with Crippen LogP contribution in [0.1, 0.15) is 25.3 Å². The van der Waals surface area contributed by atoms with E-state index in [0.29, 0.717) is 13.1 Å². The molecule has 2 N–H and O–H groups in total. The molecule has 1 amide bonds. The van der Waals surface area contributed by atoms with Gasteiger partial charge >= 0.3 is 6.61 Å². The molecule has 2 atom stereocenters. The zero-order chi connectivity index (χ0) is 24.0. The van der Waals surface area contributed by atoms with Crippen molar-refractivity contribution in [2.24, 2.45) is 5.92 Å². The van der Waals surface area contributed by atoms with E-state index in [0.717, 1.165) is 18.4 Å². The van der Waals surface area contributed by atoms with Crippen LogP contribution in [0.3, 0.4) is 0 Å². The number of ether oxygens (including phenoxy) is 1. The Bertz CT molecular complexity index is 1050. The number of likely N-dealkylation sites (tertiary alicyclic amines) is 1. The summed E-state index contributed by atoms with van der Waals surface area (Å²) < 4.78 is 57.5. The van der Waals surface area contributed by atoms with Gasteiger partial charge < -0.3 is 10.1 Å². The van der Waals surface area contributed by atoms with Crippen LogP contribution in [-0.4, -0.2) is 51.5 Å². The number of piperidine rings is 1. The van der Waals surface area contributed by atoms with Crippen molar-refractivity contribution in [3.05, 3.63) is 54.1 Å². The molecule has 2 aromatic rings. The summed E-state index contributed by atoms with van der Waals surface area (Å²) >= 11 is 0. The lowest BCUT2D eigenvalue weighted by molar-refractivity contribution is -0.121. The maximum absolute atomic E-state index is 12.8. The minimum atomic E-state index is -3.61. The number of alkyl halides is 2. The molecule has 1 saturated heterocycles. The van der Waals surface area contributed by atoms with Gasteiger partial charge in [-0.25, -0.2) is 13.1 Å². The molecule has 2 aromatic carbocycles. The maximum atomic E-state index is 12.8. The van der Waals surface area contributed by atoms with E-state index in [1.54, 1.807) is 43.3 Å². The van der Waals surface area contributed by atoms with Crippen LogP contribution in [0.15, 0.2) is 53.4 Å². The first-order valence-corrected chi connectivity index (χ1v) is 12.3. The summed E-state index contributed by atoms with van der Waals surface area (Å²) in [7, 11) is -3.61. The van der Waals surface area contributed by atoms with E-state index in [1.807, 2.05) is 11.8 Å². The highest BCUT2D eigenvalue weighted by atomic mass is 32.2. The molecule has 0 aliphatic carbocycles.